The van der Waals surface area contributed by atoms with Gasteiger partial charge in [0.2, 0.25) is 5.88 Å². The molecule has 0 spiro atoms. The summed E-state index contributed by atoms with van der Waals surface area (Å²) >= 11 is 0. The van der Waals surface area contributed by atoms with Gasteiger partial charge in [-0.25, -0.2) is 4.79 Å². The molecule has 4 heteroatoms. The Bertz CT molecular complexity index is 648. The number of urea groups is 1. The van der Waals surface area contributed by atoms with Crippen LogP contribution in [0.4, 0.5) is 16.4 Å². The maximum atomic E-state index is 12.8. The quantitative estimate of drug-likeness (QED) is 0.794. The van der Waals surface area contributed by atoms with Gasteiger partial charge in [0.25, 0.3) is 0 Å². The number of para-hydroxylation sites is 1. The molecule has 0 atom stereocenters. The van der Waals surface area contributed by atoms with E-state index < -0.39 is 0 Å². The number of carbonyl (C=O) groups is 1. The van der Waals surface area contributed by atoms with E-state index in [1.54, 1.807) is 11.9 Å². The predicted octanol–water partition coefficient (Wildman–Crippen LogP) is 3.99. The smallest absolute Gasteiger partial charge is 0.331 e. The number of furan rings is 1. The number of amides is 2. The minimum absolute atomic E-state index is 0.0429. The number of hydrogen-bond donors (Lipinski definition) is 0. The molecule has 2 amide bonds. The third-order valence-electron chi connectivity index (χ3n) is 3.93. The summed E-state index contributed by atoms with van der Waals surface area (Å²) in [6, 6.07) is 11.8. The van der Waals surface area contributed by atoms with Crippen LogP contribution in [0.3, 0.4) is 0 Å². The number of benzene rings is 1. The molecule has 1 aliphatic heterocycles. The highest BCUT2D eigenvalue weighted by atomic mass is 16.4. The summed E-state index contributed by atoms with van der Waals surface area (Å²) in [5.41, 5.74) is 2.27. The van der Waals surface area contributed by atoms with E-state index in [-0.39, 0.29) is 6.03 Å². The Morgan fingerprint density at radius 3 is 2.76 bits per heavy atom. The number of anilines is 2. The van der Waals surface area contributed by atoms with Gasteiger partial charge in [0, 0.05) is 25.3 Å². The Labute approximate surface area is 125 Å². The van der Waals surface area contributed by atoms with E-state index in [0.717, 1.165) is 37.3 Å². The maximum absolute atomic E-state index is 12.8. The van der Waals surface area contributed by atoms with Gasteiger partial charge in [-0.15, -0.1) is 0 Å². The van der Waals surface area contributed by atoms with Crippen molar-refractivity contribution in [2.24, 2.45) is 0 Å². The van der Waals surface area contributed by atoms with Crippen LogP contribution in [0, 0.1) is 6.92 Å². The Kier molecular flexibility index (Phi) is 3.69. The molecule has 2 aromatic rings. The topological polar surface area (TPSA) is 36.7 Å². The van der Waals surface area contributed by atoms with Crippen molar-refractivity contribution in [1.82, 2.24) is 0 Å². The minimum atomic E-state index is -0.0429. The first-order chi connectivity index (χ1) is 10.2. The van der Waals surface area contributed by atoms with Crippen molar-refractivity contribution in [3.05, 3.63) is 47.7 Å². The first-order valence-corrected chi connectivity index (χ1v) is 7.36. The molecule has 110 valence electrons. The van der Waals surface area contributed by atoms with Crippen molar-refractivity contribution in [1.29, 1.82) is 0 Å². The molecule has 3 rings (SSSR count). The van der Waals surface area contributed by atoms with Crippen LogP contribution >= 0.6 is 0 Å². The molecule has 2 heterocycles. The molecule has 0 bridgehead atoms. The molecular weight excluding hydrogens is 264 g/mol. The molecular formula is C17H20N2O2. The van der Waals surface area contributed by atoms with E-state index in [4.69, 9.17) is 4.42 Å². The molecule has 0 unspecified atom stereocenters. The summed E-state index contributed by atoms with van der Waals surface area (Å²) in [6.07, 6.45) is 3.17. The highest BCUT2D eigenvalue weighted by molar-refractivity contribution is 6.03. The van der Waals surface area contributed by atoms with E-state index in [0.29, 0.717) is 5.88 Å². The van der Waals surface area contributed by atoms with Crippen molar-refractivity contribution < 1.29 is 9.21 Å². The zero-order chi connectivity index (χ0) is 14.8. The fourth-order valence-electron chi connectivity index (χ4n) is 2.77. The van der Waals surface area contributed by atoms with Crippen LogP contribution in [0.5, 0.6) is 0 Å². The van der Waals surface area contributed by atoms with E-state index in [1.165, 1.54) is 5.56 Å². The van der Waals surface area contributed by atoms with Crippen LogP contribution in [0.2, 0.25) is 0 Å². The largest absolute Gasteiger partial charge is 0.445 e. The molecule has 0 radical (unpaired) electrons. The Balaban J connectivity index is 1.90. The summed E-state index contributed by atoms with van der Waals surface area (Å²) in [5.74, 6) is 1.39. The summed E-state index contributed by atoms with van der Waals surface area (Å²) in [5, 5.41) is 0. The maximum Gasteiger partial charge on any atom is 0.331 e. The molecule has 21 heavy (non-hydrogen) atoms. The van der Waals surface area contributed by atoms with E-state index in [2.05, 4.69) is 6.07 Å². The van der Waals surface area contributed by atoms with E-state index >= 15 is 0 Å². The van der Waals surface area contributed by atoms with Crippen LogP contribution in [0.1, 0.15) is 24.2 Å². The molecule has 0 saturated carbocycles. The molecule has 0 N–H and O–H groups in total. The second kappa shape index (κ2) is 5.64. The van der Waals surface area contributed by atoms with Gasteiger partial charge in [0.05, 0.1) is 0 Å². The number of fused-ring (bicyclic) bond motifs is 1. The molecule has 0 saturated heterocycles. The van der Waals surface area contributed by atoms with Crippen molar-refractivity contribution in [3.8, 4) is 0 Å². The first kappa shape index (κ1) is 13.7. The summed E-state index contributed by atoms with van der Waals surface area (Å²) < 4.78 is 5.55. The molecule has 1 aromatic heterocycles. The SMILES string of the molecule is Cc1ccc(N(C)C(=O)N2CCCCc3ccccc32)o1. The van der Waals surface area contributed by atoms with Crippen molar-refractivity contribution in [2.45, 2.75) is 26.2 Å². The van der Waals surface area contributed by atoms with Gasteiger partial charge in [-0.05, 0) is 43.9 Å². The van der Waals surface area contributed by atoms with Crippen LogP contribution in [-0.4, -0.2) is 19.6 Å². The lowest BCUT2D eigenvalue weighted by molar-refractivity contribution is 0.251. The fraction of sp³-hybridized carbons (Fsp3) is 0.353. The average molecular weight is 284 g/mol. The second-order valence-electron chi connectivity index (χ2n) is 5.46. The third kappa shape index (κ3) is 2.66. The standard InChI is InChI=1S/C17H20N2O2/c1-13-10-11-16(21-13)18(2)17(20)19-12-6-5-8-14-7-3-4-9-15(14)19/h3-4,7,9-11H,5-6,8,12H2,1-2H3. The Morgan fingerprint density at radius 2 is 2.00 bits per heavy atom. The monoisotopic (exact) mass is 284 g/mol. The van der Waals surface area contributed by atoms with Gasteiger partial charge in [-0.3, -0.25) is 9.80 Å². The predicted molar refractivity (Wildman–Crippen MR) is 84.0 cm³/mol. The molecule has 0 fully saturated rings. The lowest BCUT2D eigenvalue weighted by atomic mass is 10.1. The van der Waals surface area contributed by atoms with E-state index in [1.807, 2.05) is 42.2 Å². The number of nitrogens with zero attached hydrogens (tertiary/aromatic N) is 2. The van der Waals surface area contributed by atoms with Crippen LogP contribution in [0.25, 0.3) is 0 Å². The molecule has 4 nitrogen and oxygen atoms in total. The average Bonchev–Trinajstić information content (AvgIpc) is 2.82. The van der Waals surface area contributed by atoms with Gasteiger partial charge < -0.3 is 4.42 Å². The highest BCUT2D eigenvalue weighted by Gasteiger charge is 2.25. The minimum Gasteiger partial charge on any atom is -0.445 e. The summed E-state index contributed by atoms with van der Waals surface area (Å²) in [6.45, 7) is 2.63. The lowest BCUT2D eigenvalue weighted by Crippen LogP contribution is -2.41. The summed E-state index contributed by atoms with van der Waals surface area (Å²) in [4.78, 5) is 16.3. The zero-order valence-electron chi connectivity index (χ0n) is 12.5. The lowest BCUT2D eigenvalue weighted by Gasteiger charge is -2.27. The summed E-state index contributed by atoms with van der Waals surface area (Å²) in [7, 11) is 1.76. The molecule has 1 aliphatic rings. The highest BCUT2D eigenvalue weighted by Crippen LogP contribution is 2.28. The van der Waals surface area contributed by atoms with Gasteiger partial charge >= 0.3 is 6.03 Å². The Hall–Kier alpha value is -2.23. The van der Waals surface area contributed by atoms with Gasteiger partial charge in [-0.1, -0.05) is 18.2 Å². The van der Waals surface area contributed by atoms with Crippen molar-refractivity contribution in [3.63, 3.8) is 0 Å². The number of aryl methyl sites for hydroxylation is 2. The van der Waals surface area contributed by atoms with Crippen LogP contribution in [0.15, 0.2) is 40.8 Å². The number of rotatable bonds is 1. The molecule has 1 aromatic carbocycles. The zero-order valence-corrected chi connectivity index (χ0v) is 12.5. The van der Waals surface area contributed by atoms with Crippen molar-refractivity contribution in [2.75, 3.05) is 23.4 Å². The van der Waals surface area contributed by atoms with Gasteiger partial charge in [0.15, 0.2) is 0 Å². The van der Waals surface area contributed by atoms with E-state index in [9.17, 15) is 4.79 Å². The second-order valence-corrected chi connectivity index (χ2v) is 5.46. The van der Waals surface area contributed by atoms with Crippen molar-refractivity contribution >= 4 is 17.6 Å². The number of carbonyl (C=O) groups excluding carboxylic acids is 1. The van der Waals surface area contributed by atoms with Crippen LogP contribution < -0.4 is 9.80 Å². The first-order valence-electron chi connectivity index (χ1n) is 7.36. The normalized spacial score (nSPS) is 14.5. The van der Waals surface area contributed by atoms with Gasteiger partial charge in [0.1, 0.15) is 5.76 Å². The molecule has 0 aliphatic carbocycles. The van der Waals surface area contributed by atoms with Crippen LogP contribution in [-0.2, 0) is 6.42 Å². The number of hydrogen-bond acceptors (Lipinski definition) is 2. The van der Waals surface area contributed by atoms with Gasteiger partial charge in [-0.2, -0.15) is 0 Å². The Morgan fingerprint density at radius 1 is 1.19 bits per heavy atom. The fourth-order valence-corrected chi connectivity index (χ4v) is 2.77. The third-order valence-corrected chi connectivity index (χ3v) is 3.93.